The summed E-state index contributed by atoms with van der Waals surface area (Å²) in [4.78, 5) is 26.0. The van der Waals surface area contributed by atoms with Gasteiger partial charge in [0.05, 0.1) is 6.61 Å². The summed E-state index contributed by atoms with van der Waals surface area (Å²) in [5.41, 5.74) is 3.64. The maximum Gasteiger partial charge on any atom is 0.303 e. The maximum atomic E-state index is 13.5. The third-order valence-corrected chi connectivity index (χ3v) is 6.72. The number of benzene rings is 4. The van der Waals surface area contributed by atoms with Crippen molar-refractivity contribution in [3.8, 4) is 28.4 Å². The summed E-state index contributed by atoms with van der Waals surface area (Å²) in [5.74, 6) is 1.49. The van der Waals surface area contributed by atoms with Crippen LogP contribution in [0.1, 0.15) is 55.5 Å². The van der Waals surface area contributed by atoms with E-state index in [4.69, 9.17) is 14.6 Å². The molecule has 41 heavy (non-hydrogen) atoms. The van der Waals surface area contributed by atoms with Crippen molar-refractivity contribution in [2.24, 2.45) is 0 Å². The molecule has 4 aromatic carbocycles. The Bertz CT molecular complexity index is 1420. The summed E-state index contributed by atoms with van der Waals surface area (Å²) in [7, 11) is 0. The number of unbranched alkanes of at least 4 members (excludes halogenated alkanes) is 2. The number of para-hydroxylation sites is 1. The third kappa shape index (κ3) is 8.97. The van der Waals surface area contributed by atoms with Crippen molar-refractivity contribution in [3.63, 3.8) is 0 Å². The van der Waals surface area contributed by atoms with Crippen molar-refractivity contribution in [1.82, 2.24) is 4.90 Å². The Morgan fingerprint density at radius 1 is 0.732 bits per heavy atom. The van der Waals surface area contributed by atoms with Crippen LogP contribution in [0.2, 0.25) is 0 Å². The standard InChI is InChI=1S/C35H37NO5/c1-26(2)36(25-27-11-9-15-32(23-27)40-22-8-4-7-17-34(37)38)35(39)29-20-18-28(19-21-29)30-12-10-16-33(24-30)41-31-13-5-3-6-14-31/h3,5-6,9-16,18-21,23-24,26H,4,7-8,17,22,25H2,1-2H3,(H,37,38). The number of rotatable bonds is 14. The fraction of sp³-hybridized carbons (Fsp3) is 0.257. The zero-order valence-electron chi connectivity index (χ0n) is 23.7. The molecule has 6 nitrogen and oxygen atoms in total. The van der Waals surface area contributed by atoms with Crippen molar-refractivity contribution in [1.29, 1.82) is 0 Å². The summed E-state index contributed by atoms with van der Waals surface area (Å²) in [6.45, 7) is 5.03. The number of aliphatic carboxylic acids is 1. The van der Waals surface area contributed by atoms with Gasteiger partial charge in [-0.05, 0) is 98.3 Å². The predicted molar refractivity (Wildman–Crippen MR) is 161 cm³/mol. The smallest absolute Gasteiger partial charge is 0.303 e. The largest absolute Gasteiger partial charge is 0.494 e. The second kappa shape index (κ2) is 14.7. The number of carboxylic acid groups (broad SMARTS) is 1. The fourth-order valence-electron chi connectivity index (χ4n) is 4.50. The monoisotopic (exact) mass is 551 g/mol. The van der Waals surface area contributed by atoms with Crippen molar-refractivity contribution >= 4 is 11.9 Å². The number of hydrogen-bond donors (Lipinski definition) is 1. The molecule has 0 aliphatic heterocycles. The Morgan fingerprint density at radius 3 is 2.17 bits per heavy atom. The van der Waals surface area contributed by atoms with Crippen LogP contribution < -0.4 is 9.47 Å². The molecule has 4 rings (SSSR count). The fourth-order valence-corrected chi connectivity index (χ4v) is 4.50. The lowest BCUT2D eigenvalue weighted by molar-refractivity contribution is -0.137. The highest BCUT2D eigenvalue weighted by Crippen LogP contribution is 2.28. The molecule has 0 spiro atoms. The minimum Gasteiger partial charge on any atom is -0.494 e. The highest BCUT2D eigenvalue weighted by Gasteiger charge is 2.19. The molecular formula is C35H37NO5. The van der Waals surface area contributed by atoms with E-state index in [1.54, 1.807) is 0 Å². The van der Waals surface area contributed by atoms with Crippen LogP contribution in [0.15, 0.2) is 103 Å². The van der Waals surface area contributed by atoms with E-state index < -0.39 is 5.97 Å². The highest BCUT2D eigenvalue weighted by atomic mass is 16.5. The van der Waals surface area contributed by atoms with Crippen LogP contribution >= 0.6 is 0 Å². The Balaban J connectivity index is 1.38. The molecule has 0 fully saturated rings. The summed E-state index contributed by atoms with van der Waals surface area (Å²) in [6.07, 6.45) is 2.45. The topological polar surface area (TPSA) is 76.1 Å². The summed E-state index contributed by atoms with van der Waals surface area (Å²) in [5, 5.41) is 8.75. The minimum absolute atomic E-state index is 0.00723. The van der Waals surface area contributed by atoms with Crippen LogP contribution in [-0.2, 0) is 11.3 Å². The average Bonchev–Trinajstić information content (AvgIpc) is 2.98. The predicted octanol–water partition coefficient (Wildman–Crippen LogP) is 8.22. The van der Waals surface area contributed by atoms with Gasteiger partial charge in [-0.1, -0.05) is 54.6 Å². The second-order valence-corrected chi connectivity index (χ2v) is 10.2. The van der Waals surface area contributed by atoms with E-state index in [2.05, 4.69) is 0 Å². The third-order valence-electron chi connectivity index (χ3n) is 6.72. The number of amides is 1. The first-order valence-electron chi connectivity index (χ1n) is 14.1. The van der Waals surface area contributed by atoms with Gasteiger partial charge in [0.15, 0.2) is 0 Å². The molecule has 0 unspecified atom stereocenters. The van der Waals surface area contributed by atoms with Crippen LogP contribution in [0.5, 0.6) is 17.2 Å². The van der Waals surface area contributed by atoms with Crippen molar-refractivity contribution in [2.45, 2.75) is 52.1 Å². The van der Waals surface area contributed by atoms with E-state index in [0.29, 0.717) is 25.1 Å². The molecule has 0 aromatic heterocycles. The number of carbonyl (C=O) groups excluding carboxylic acids is 1. The zero-order valence-corrected chi connectivity index (χ0v) is 23.7. The first kappa shape index (κ1) is 29.4. The van der Waals surface area contributed by atoms with Gasteiger partial charge in [0, 0.05) is 24.6 Å². The molecule has 0 aliphatic carbocycles. The Hall–Kier alpha value is -4.58. The molecule has 6 heteroatoms. The van der Waals surface area contributed by atoms with Gasteiger partial charge in [0.25, 0.3) is 5.91 Å². The van der Waals surface area contributed by atoms with Crippen LogP contribution in [0.4, 0.5) is 0 Å². The Labute approximate surface area is 242 Å². The molecule has 0 radical (unpaired) electrons. The van der Waals surface area contributed by atoms with Gasteiger partial charge in [-0.15, -0.1) is 0 Å². The SMILES string of the molecule is CC(C)N(Cc1cccc(OCCCCCC(=O)O)c1)C(=O)c1ccc(-c2cccc(Oc3ccccc3)c2)cc1. The van der Waals surface area contributed by atoms with Gasteiger partial charge >= 0.3 is 5.97 Å². The summed E-state index contributed by atoms with van der Waals surface area (Å²) >= 11 is 0. The van der Waals surface area contributed by atoms with Crippen molar-refractivity contribution in [3.05, 3.63) is 114 Å². The molecular weight excluding hydrogens is 514 g/mol. The van der Waals surface area contributed by atoms with E-state index in [1.807, 2.05) is 122 Å². The molecule has 0 atom stereocenters. The molecule has 0 heterocycles. The summed E-state index contributed by atoms with van der Waals surface area (Å²) < 4.78 is 11.9. The van der Waals surface area contributed by atoms with Crippen molar-refractivity contribution < 1.29 is 24.2 Å². The number of ether oxygens (including phenoxy) is 2. The summed E-state index contributed by atoms with van der Waals surface area (Å²) in [6, 6.07) is 33.1. The average molecular weight is 552 g/mol. The molecule has 212 valence electrons. The van der Waals surface area contributed by atoms with E-state index in [0.717, 1.165) is 46.8 Å². The quantitative estimate of drug-likeness (QED) is 0.160. The lowest BCUT2D eigenvalue weighted by Crippen LogP contribution is -2.36. The molecule has 0 aliphatic rings. The van der Waals surface area contributed by atoms with E-state index >= 15 is 0 Å². The number of nitrogens with zero attached hydrogens (tertiary/aromatic N) is 1. The van der Waals surface area contributed by atoms with Gasteiger partial charge < -0.3 is 19.5 Å². The van der Waals surface area contributed by atoms with Gasteiger partial charge in [0.1, 0.15) is 17.2 Å². The highest BCUT2D eigenvalue weighted by molar-refractivity contribution is 5.95. The normalized spacial score (nSPS) is 10.8. The van der Waals surface area contributed by atoms with E-state index in [1.165, 1.54) is 0 Å². The lowest BCUT2D eigenvalue weighted by Gasteiger charge is -2.27. The van der Waals surface area contributed by atoms with Gasteiger partial charge in [-0.3, -0.25) is 9.59 Å². The molecule has 1 N–H and O–H groups in total. The number of carboxylic acids is 1. The first-order valence-corrected chi connectivity index (χ1v) is 14.1. The number of hydrogen-bond acceptors (Lipinski definition) is 4. The number of carbonyl (C=O) groups is 2. The zero-order chi connectivity index (χ0) is 29.0. The van der Waals surface area contributed by atoms with E-state index in [-0.39, 0.29) is 18.4 Å². The maximum absolute atomic E-state index is 13.5. The van der Waals surface area contributed by atoms with Crippen LogP contribution in [-0.4, -0.2) is 34.5 Å². The van der Waals surface area contributed by atoms with Gasteiger partial charge in [-0.25, -0.2) is 0 Å². The van der Waals surface area contributed by atoms with Crippen LogP contribution in [0, 0.1) is 0 Å². The lowest BCUT2D eigenvalue weighted by atomic mass is 10.0. The van der Waals surface area contributed by atoms with E-state index in [9.17, 15) is 9.59 Å². The van der Waals surface area contributed by atoms with Gasteiger partial charge in [-0.2, -0.15) is 0 Å². The second-order valence-electron chi connectivity index (χ2n) is 10.2. The molecule has 4 aromatic rings. The van der Waals surface area contributed by atoms with Gasteiger partial charge in [0.2, 0.25) is 0 Å². The first-order chi connectivity index (χ1) is 19.9. The minimum atomic E-state index is -0.766. The van der Waals surface area contributed by atoms with Crippen molar-refractivity contribution in [2.75, 3.05) is 6.61 Å². The molecule has 0 saturated heterocycles. The Kier molecular flexibility index (Phi) is 10.5. The molecule has 0 saturated carbocycles. The molecule has 0 bridgehead atoms. The van der Waals surface area contributed by atoms with Crippen LogP contribution in [0.3, 0.4) is 0 Å². The van der Waals surface area contributed by atoms with Crippen LogP contribution in [0.25, 0.3) is 11.1 Å². The molecule has 1 amide bonds. The Morgan fingerprint density at radius 2 is 1.44 bits per heavy atom.